The Morgan fingerprint density at radius 2 is 0.857 bits per heavy atom. The Hall–Kier alpha value is -0.0800. The van der Waals surface area contributed by atoms with E-state index in [9.17, 15) is 0 Å². The lowest BCUT2D eigenvalue weighted by Gasteiger charge is -2.05. The molecule has 0 unspecified atom stereocenters. The van der Waals surface area contributed by atoms with Crippen LogP contribution >= 0.6 is 0 Å². The maximum atomic E-state index is 5.51. The lowest BCUT2D eigenvalue weighted by molar-refractivity contribution is 0.0512. The second kappa shape index (κ2) is 19.9. The third-order valence-corrected chi connectivity index (χ3v) is 3.97. The summed E-state index contributed by atoms with van der Waals surface area (Å²) in [6.45, 7) is 7.51. The molecule has 0 saturated carbocycles. The molecule has 0 amide bonds. The largest absolute Gasteiger partial charge is 0.379 e. The van der Waals surface area contributed by atoms with E-state index in [-0.39, 0.29) is 0 Å². The predicted octanol–water partition coefficient (Wildman–Crippen LogP) is 6.13. The molecule has 128 valence electrons. The highest BCUT2D eigenvalue weighted by molar-refractivity contribution is 4.48. The summed E-state index contributed by atoms with van der Waals surface area (Å²) in [5, 5.41) is 0. The van der Waals surface area contributed by atoms with E-state index in [1.807, 2.05) is 6.92 Å². The summed E-state index contributed by atoms with van der Waals surface area (Å²) in [5.74, 6) is 0. The Morgan fingerprint density at radius 1 is 0.429 bits per heavy atom. The summed E-state index contributed by atoms with van der Waals surface area (Å²) in [7, 11) is 0. The first-order valence-corrected chi connectivity index (χ1v) is 9.57. The fourth-order valence-corrected chi connectivity index (χ4v) is 2.59. The highest BCUT2D eigenvalue weighted by Gasteiger charge is 1.94. The van der Waals surface area contributed by atoms with Gasteiger partial charge in [-0.3, -0.25) is 0 Å². The Balaban J connectivity index is 2.90. The van der Waals surface area contributed by atoms with E-state index >= 15 is 0 Å². The summed E-state index contributed by atoms with van der Waals surface area (Å²) in [4.78, 5) is 0. The SMILES string of the molecule is CCCCCCCCCCCCCCCOCCOCC. The number of unbranched alkanes of at least 4 members (excludes halogenated alkanes) is 12. The van der Waals surface area contributed by atoms with Gasteiger partial charge in [-0.25, -0.2) is 0 Å². The smallest absolute Gasteiger partial charge is 0.0700 e. The molecule has 0 spiro atoms. The van der Waals surface area contributed by atoms with Crippen LogP contribution in [0, 0.1) is 0 Å². The van der Waals surface area contributed by atoms with E-state index < -0.39 is 0 Å². The molecule has 2 heteroatoms. The first-order chi connectivity index (χ1) is 10.4. The van der Waals surface area contributed by atoms with Crippen LogP contribution in [0.15, 0.2) is 0 Å². The molecule has 0 aromatic heterocycles. The second-order valence-corrected chi connectivity index (χ2v) is 6.05. The molecule has 0 radical (unpaired) electrons. The van der Waals surface area contributed by atoms with E-state index in [0.717, 1.165) is 26.4 Å². The van der Waals surface area contributed by atoms with Gasteiger partial charge >= 0.3 is 0 Å². The van der Waals surface area contributed by atoms with Crippen molar-refractivity contribution < 1.29 is 9.47 Å². The molecule has 0 rings (SSSR count). The monoisotopic (exact) mass is 300 g/mol. The van der Waals surface area contributed by atoms with Gasteiger partial charge in [-0.2, -0.15) is 0 Å². The molecule has 0 heterocycles. The summed E-state index contributed by atoms with van der Waals surface area (Å²) in [5.41, 5.74) is 0. The molecule has 0 atom stereocenters. The Labute approximate surface area is 134 Å². The van der Waals surface area contributed by atoms with Crippen LogP contribution in [0.25, 0.3) is 0 Å². The lowest BCUT2D eigenvalue weighted by Crippen LogP contribution is -2.04. The molecule has 0 aromatic carbocycles. The molecular formula is C19H40O2. The minimum atomic E-state index is 0.745. The van der Waals surface area contributed by atoms with Gasteiger partial charge in [0.1, 0.15) is 0 Å². The maximum absolute atomic E-state index is 5.51. The van der Waals surface area contributed by atoms with Crippen molar-refractivity contribution in [3.63, 3.8) is 0 Å². The van der Waals surface area contributed by atoms with Crippen LogP contribution in [0.3, 0.4) is 0 Å². The fraction of sp³-hybridized carbons (Fsp3) is 1.00. The standard InChI is InChI=1S/C19H40O2/c1-3-5-6-7-8-9-10-11-12-13-14-15-16-17-21-19-18-20-4-2/h3-19H2,1-2H3. The van der Waals surface area contributed by atoms with Crippen LogP contribution < -0.4 is 0 Å². The summed E-state index contributed by atoms with van der Waals surface area (Å²) in [6.07, 6.45) is 18.3. The average Bonchev–Trinajstić information content (AvgIpc) is 2.50. The topological polar surface area (TPSA) is 18.5 Å². The van der Waals surface area contributed by atoms with E-state index in [2.05, 4.69) is 6.92 Å². The van der Waals surface area contributed by atoms with Crippen molar-refractivity contribution in [2.45, 2.75) is 97.3 Å². The molecular weight excluding hydrogens is 260 g/mol. The number of hydrogen-bond donors (Lipinski definition) is 0. The van der Waals surface area contributed by atoms with Gasteiger partial charge in [0.2, 0.25) is 0 Å². The van der Waals surface area contributed by atoms with Gasteiger partial charge in [-0.05, 0) is 13.3 Å². The molecule has 0 saturated heterocycles. The Bertz CT molecular complexity index is 153. The van der Waals surface area contributed by atoms with Crippen LogP contribution in [-0.4, -0.2) is 26.4 Å². The van der Waals surface area contributed by atoms with Gasteiger partial charge in [-0.15, -0.1) is 0 Å². The molecule has 0 fully saturated rings. The zero-order valence-electron chi connectivity index (χ0n) is 14.8. The van der Waals surface area contributed by atoms with Crippen LogP contribution in [-0.2, 0) is 9.47 Å². The van der Waals surface area contributed by atoms with Crippen molar-refractivity contribution in [2.24, 2.45) is 0 Å². The molecule has 0 aromatic rings. The minimum Gasteiger partial charge on any atom is -0.379 e. The first kappa shape index (κ1) is 20.9. The van der Waals surface area contributed by atoms with E-state index in [0.29, 0.717) is 0 Å². The van der Waals surface area contributed by atoms with E-state index in [1.54, 1.807) is 0 Å². The van der Waals surface area contributed by atoms with Crippen molar-refractivity contribution in [3.05, 3.63) is 0 Å². The Kier molecular flexibility index (Phi) is 19.8. The van der Waals surface area contributed by atoms with Crippen molar-refractivity contribution in [1.82, 2.24) is 0 Å². The van der Waals surface area contributed by atoms with Crippen LogP contribution in [0.4, 0.5) is 0 Å². The number of rotatable bonds is 18. The van der Waals surface area contributed by atoms with Gasteiger partial charge in [-0.1, -0.05) is 84.0 Å². The third-order valence-electron chi connectivity index (χ3n) is 3.97. The molecule has 0 bridgehead atoms. The zero-order valence-corrected chi connectivity index (χ0v) is 14.8. The fourth-order valence-electron chi connectivity index (χ4n) is 2.59. The minimum absolute atomic E-state index is 0.745. The highest BCUT2D eigenvalue weighted by atomic mass is 16.5. The van der Waals surface area contributed by atoms with Crippen molar-refractivity contribution in [3.8, 4) is 0 Å². The van der Waals surface area contributed by atoms with Crippen molar-refractivity contribution in [2.75, 3.05) is 26.4 Å². The van der Waals surface area contributed by atoms with Gasteiger partial charge in [0.15, 0.2) is 0 Å². The average molecular weight is 301 g/mol. The third kappa shape index (κ3) is 19.9. The van der Waals surface area contributed by atoms with Gasteiger partial charge in [0, 0.05) is 13.2 Å². The van der Waals surface area contributed by atoms with Crippen molar-refractivity contribution in [1.29, 1.82) is 0 Å². The van der Waals surface area contributed by atoms with Gasteiger partial charge in [0.25, 0.3) is 0 Å². The molecule has 0 N–H and O–H groups in total. The highest BCUT2D eigenvalue weighted by Crippen LogP contribution is 2.12. The van der Waals surface area contributed by atoms with E-state index in [1.165, 1.54) is 83.5 Å². The number of hydrogen-bond acceptors (Lipinski definition) is 2. The zero-order chi connectivity index (χ0) is 15.4. The molecule has 0 aliphatic heterocycles. The molecule has 0 aliphatic rings. The quantitative estimate of drug-likeness (QED) is 0.283. The summed E-state index contributed by atoms with van der Waals surface area (Å²) in [6, 6.07) is 0. The molecule has 0 aliphatic carbocycles. The molecule has 21 heavy (non-hydrogen) atoms. The van der Waals surface area contributed by atoms with Crippen LogP contribution in [0.1, 0.15) is 97.3 Å². The van der Waals surface area contributed by atoms with Crippen LogP contribution in [0.2, 0.25) is 0 Å². The lowest BCUT2D eigenvalue weighted by atomic mass is 10.0. The maximum Gasteiger partial charge on any atom is 0.0700 e. The first-order valence-electron chi connectivity index (χ1n) is 9.57. The second-order valence-electron chi connectivity index (χ2n) is 6.05. The van der Waals surface area contributed by atoms with Gasteiger partial charge < -0.3 is 9.47 Å². The van der Waals surface area contributed by atoms with E-state index in [4.69, 9.17) is 9.47 Å². The normalized spacial score (nSPS) is 11.1. The number of ether oxygens (including phenoxy) is 2. The van der Waals surface area contributed by atoms with Crippen molar-refractivity contribution >= 4 is 0 Å². The summed E-state index contributed by atoms with van der Waals surface area (Å²) >= 11 is 0. The van der Waals surface area contributed by atoms with Gasteiger partial charge in [0.05, 0.1) is 13.2 Å². The molecule has 2 nitrogen and oxygen atoms in total. The summed E-state index contributed by atoms with van der Waals surface area (Å²) < 4.78 is 10.7. The Morgan fingerprint density at radius 3 is 1.33 bits per heavy atom. The predicted molar refractivity (Wildman–Crippen MR) is 93.0 cm³/mol. The van der Waals surface area contributed by atoms with Crippen LogP contribution in [0.5, 0.6) is 0 Å².